The van der Waals surface area contributed by atoms with E-state index in [1.807, 2.05) is 0 Å². The summed E-state index contributed by atoms with van der Waals surface area (Å²) in [6.45, 7) is 0. The van der Waals surface area contributed by atoms with Crippen molar-refractivity contribution in [1.82, 2.24) is 5.32 Å². The molecule has 18 heavy (non-hydrogen) atoms. The summed E-state index contributed by atoms with van der Waals surface area (Å²) >= 11 is 11.7. The largest absolute Gasteiger partial charge is 0.448 e. The van der Waals surface area contributed by atoms with E-state index >= 15 is 0 Å². The van der Waals surface area contributed by atoms with Crippen LogP contribution in [0.3, 0.4) is 0 Å². The average Bonchev–Trinajstić information content (AvgIpc) is 2.76. The lowest BCUT2D eigenvalue weighted by Crippen LogP contribution is -2.19. The number of furan rings is 1. The van der Waals surface area contributed by atoms with Gasteiger partial charge in [0.15, 0.2) is 5.22 Å². The van der Waals surface area contributed by atoms with Crippen LogP contribution in [0.4, 0.5) is 4.39 Å². The van der Waals surface area contributed by atoms with Gasteiger partial charge < -0.3 is 9.73 Å². The summed E-state index contributed by atoms with van der Waals surface area (Å²) in [6, 6.07) is 7.89. The van der Waals surface area contributed by atoms with Gasteiger partial charge in [-0.05, 0) is 49.3 Å². The Hall–Kier alpha value is -1.03. The molecule has 0 aliphatic carbocycles. The highest BCUT2D eigenvalue weighted by Crippen LogP contribution is 2.27. The standard InChI is InChI=1S/C13H12Cl2FNO/c1-17-11(12-5-6-13(15)18-12)7-8-9(14)3-2-4-10(8)16/h2-6,11,17H,7H2,1H3. The molecule has 0 bridgehead atoms. The second-order valence-corrected chi connectivity index (χ2v) is 4.67. The number of hydrogen-bond donors (Lipinski definition) is 1. The zero-order chi connectivity index (χ0) is 13.1. The molecule has 0 fully saturated rings. The summed E-state index contributed by atoms with van der Waals surface area (Å²) in [5, 5.41) is 3.78. The first-order chi connectivity index (χ1) is 8.61. The average molecular weight is 288 g/mol. The molecule has 0 amide bonds. The topological polar surface area (TPSA) is 25.2 Å². The van der Waals surface area contributed by atoms with Gasteiger partial charge in [0, 0.05) is 10.6 Å². The molecular formula is C13H12Cl2FNO. The number of benzene rings is 1. The van der Waals surface area contributed by atoms with E-state index in [0.717, 1.165) is 0 Å². The van der Waals surface area contributed by atoms with Crippen molar-refractivity contribution >= 4 is 23.2 Å². The number of likely N-dealkylation sites (N-methyl/N-ethyl adjacent to an activating group) is 1. The Kier molecular flexibility index (Phi) is 4.27. The third-order valence-electron chi connectivity index (χ3n) is 2.76. The van der Waals surface area contributed by atoms with E-state index in [9.17, 15) is 4.39 Å². The van der Waals surface area contributed by atoms with E-state index in [1.54, 1.807) is 31.3 Å². The molecule has 1 aromatic heterocycles. The van der Waals surface area contributed by atoms with Crippen LogP contribution in [0, 0.1) is 5.82 Å². The fourth-order valence-electron chi connectivity index (χ4n) is 1.79. The lowest BCUT2D eigenvalue weighted by atomic mass is 10.0. The van der Waals surface area contributed by atoms with Crippen LogP contribution in [-0.2, 0) is 6.42 Å². The normalized spacial score (nSPS) is 12.7. The van der Waals surface area contributed by atoms with Crippen molar-refractivity contribution in [3.8, 4) is 0 Å². The second kappa shape index (κ2) is 5.74. The van der Waals surface area contributed by atoms with Crippen molar-refractivity contribution < 1.29 is 8.81 Å². The summed E-state index contributed by atoms with van der Waals surface area (Å²) in [4.78, 5) is 0. The van der Waals surface area contributed by atoms with Crippen LogP contribution in [0.2, 0.25) is 10.2 Å². The molecule has 0 saturated carbocycles. The molecule has 1 N–H and O–H groups in total. The highest BCUT2D eigenvalue weighted by atomic mass is 35.5. The molecule has 1 atom stereocenters. The molecule has 2 aromatic rings. The van der Waals surface area contributed by atoms with Crippen LogP contribution in [0.1, 0.15) is 17.4 Å². The van der Waals surface area contributed by atoms with E-state index < -0.39 is 0 Å². The molecule has 0 saturated heterocycles. The fraction of sp³-hybridized carbons (Fsp3) is 0.231. The Balaban J connectivity index is 2.26. The maximum atomic E-state index is 13.7. The van der Waals surface area contributed by atoms with Gasteiger partial charge in [0.2, 0.25) is 0 Å². The monoisotopic (exact) mass is 287 g/mol. The van der Waals surface area contributed by atoms with Crippen LogP contribution in [0.5, 0.6) is 0 Å². The third kappa shape index (κ3) is 2.86. The molecule has 1 heterocycles. The molecule has 2 nitrogen and oxygen atoms in total. The summed E-state index contributed by atoms with van der Waals surface area (Å²) in [6.07, 6.45) is 0.395. The van der Waals surface area contributed by atoms with Gasteiger partial charge in [-0.1, -0.05) is 17.7 Å². The first kappa shape index (κ1) is 13.4. The molecular weight excluding hydrogens is 276 g/mol. The van der Waals surface area contributed by atoms with Crippen LogP contribution in [0.25, 0.3) is 0 Å². The van der Waals surface area contributed by atoms with Crippen molar-refractivity contribution in [2.24, 2.45) is 0 Å². The number of halogens is 3. The fourth-order valence-corrected chi connectivity index (χ4v) is 2.18. The van der Waals surface area contributed by atoms with Gasteiger partial charge >= 0.3 is 0 Å². The van der Waals surface area contributed by atoms with Crippen molar-refractivity contribution in [3.05, 3.63) is 57.7 Å². The van der Waals surface area contributed by atoms with Gasteiger partial charge in [-0.2, -0.15) is 0 Å². The quantitative estimate of drug-likeness (QED) is 0.910. The number of hydrogen-bond acceptors (Lipinski definition) is 2. The summed E-state index contributed by atoms with van der Waals surface area (Å²) in [7, 11) is 1.77. The lowest BCUT2D eigenvalue weighted by molar-refractivity contribution is 0.426. The minimum Gasteiger partial charge on any atom is -0.448 e. The first-order valence-electron chi connectivity index (χ1n) is 5.47. The zero-order valence-electron chi connectivity index (χ0n) is 9.71. The van der Waals surface area contributed by atoms with Gasteiger partial charge in [-0.15, -0.1) is 0 Å². The Morgan fingerprint density at radius 2 is 2.06 bits per heavy atom. The van der Waals surface area contributed by atoms with Crippen molar-refractivity contribution in [2.45, 2.75) is 12.5 Å². The van der Waals surface area contributed by atoms with Crippen LogP contribution < -0.4 is 5.32 Å². The number of rotatable bonds is 4. The molecule has 5 heteroatoms. The summed E-state index contributed by atoms with van der Waals surface area (Å²) < 4.78 is 19.0. The maximum absolute atomic E-state index is 13.7. The zero-order valence-corrected chi connectivity index (χ0v) is 11.2. The number of nitrogens with one attached hydrogen (secondary N) is 1. The van der Waals surface area contributed by atoms with Gasteiger partial charge in [-0.25, -0.2) is 4.39 Å². The van der Waals surface area contributed by atoms with Gasteiger partial charge in [0.05, 0.1) is 6.04 Å². The molecule has 0 aliphatic heterocycles. The third-order valence-corrected chi connectivity index (χ3v) is 3.31. The van der Waals surface area contributed by atoms with E-state index in [4.69, 9.17) is 27.6 Å². The van der Waals surface area contributed by atoms with Gasteiger partial charge in [0.25, 0.3) is 0 Å². The molecule has 1 aromatic carbocycles. The van der Waals surface area contributed by atoms with Crippen LogP contribution in [-0.4, -0.2) is 7.05 Å². The molecule has 1 unspecified atom stereocenters. The highest BCUT2D eigenvalue weighted by Gasteiger charge is 2.18. The smallest absolute Gasteiger partial charge is 0.193 e. The van der Waals surface area contributed by atoms with Crippen molar-refractivity contribution in [2.75, 3.05) is 7.05 Å². The summed E-state index contributed by atoms with van der Waals surface area (Å²) in [5.41, 5.74) is 0.464. The predicted molar refractivity (Wildman–Crippen MR) is 70.6 cm³/mol. The molecule has 96 valence electrons. The van der Waals surface area contributed by atoms with E-state index in [0.29, 0.717) is 28.0 Å². The minimum absolute atomic E-state index is 0.174. The second-order valence-electron chi connectivity index (χ2n) is 3.89. The van der Waals surface area contributed by atoms with Crippen molar-refractivity contribution in [3.63, 3.8) is 0 Å². The Morgan fingerprint density at radius 1 is 1.28 bits per heavy atom. The first-order valence-corrected chi connectivity index (χ1v) is 6.22. The van der Waals surface area contributed by atoms with Crippen LogP contribution in [0.15, 0.2) is 34.7 Å². The SMILES string of the molecule is CNC(Cc1c(F)cccc1Cl)c1ccc(Cl)o1. The Bertz CT molecular complexity index is 521. The molecule has 0 aliphatic rings. The van der Waals surface area contributed by atoms with E-state index in [2.05, 4.69) is 5.32 Å². The molecule has 2 rings (SSSR count). The Morgan fingerprint density at radius 3 is 2.61 bits per heavy atom. The van der Waals surface area contributed by atoms with Gasteiger partial charge in [-0.3, -0.25) is 0 Å². The summed E-state index contributed by atoms with van der Waals surface area (Å²) in [5.74, 6) is 0.335. The van der Waals surface area contributed by atoms with Crippen LogP contribution >= 0.6 is 23.2 Å². The lowest BCUT2D eigenvalue weighted by Gasteiger charge is -2.15. The predicted octanol–water partition coefficient (Wildman–Crippen LogP) is 4.23. The van der Waals surface area contributed by atoms with E-state index in [1.165, 1.54) is 6.07 Å². The highest BCUT2D eigenvalue weighted by molar-refractivity contribution is 6.31. The van der Waals surface area contributed by atoms with Gasteiger partial charge in [0.1, 0.15) is 11.6 Å². The molecule has 0 radical (unpaired) electrons. The minimum atomic E-state index is -0.319. The van der Waals surface area contributed by atoms with Crippen molar-refractivity contribution in [1.29, 1.82) is 0 Å². The maximum Gasteiger partial charge on any atom is 0.193 e. The van der Waals surface area contributed by atoms with E-state index in [-0.39, 0.29) is 11.9 Å². The Labute approximate surface area is 115 Å². The molecule has 0 spiro atoms.